The Labute approximate surface area is 127 Å². The van der Waals surface area contributed by atoms with Gasteiger partial charge in [-0.15, -0.1) is 0 Å². The fourth-order valence-corrected chi connectivity index (χ4v) is 3.71. The lowest BCUT2D eigenvalue weighted by Crippen LogP contribution is -2.55. The maximum Gasteiger partial charge on any atom is 0.228 e. The van der Waals surface area contributed by atoms with Crippen LogP contribution in [-0.2, 0) is 11.3 Å². The van der Waals surface area contributed by atoms with E-state index in [0.29, 0.717) is 25.2 Å². The van der Waals surface area contributed by atoms with Gasteiger partial charge < -0.3 is 4.90 Å². The van der Waals surface area contributed by atoms with E-state index in [1.165, 1.54) is 6.07 Å². The second kappa shape index (κ2) is 6.32. The number of amides is 1. The quantitative estimate of drug-likeness (QED) is 0.852. The highest BCUT2D eigenvalue weighted by atomic mass is 32.2. The molecule has 3 rings (SSSR count). The Morgan fingerprint density at radius 2 is 1.95 bits per heavy atom. The van der Waals surface area contributed by atoms with Gasteiger partial charge in [0.1, 0.15) is 11.6 Å². The highest BCUT2D eigenvalue weighted by Crippen LogP contribution is 2.23. The summed E-state index contributed by atoms with van der Waals surface area (Å²) in [6.07, 6.45) is 0. The molecule has 0 atom stereocenters. The topological polar surface area (TPSA) is 23.6 Å². The summed E-state index contributed by atoms with van der Waals surface area (Å²) in [5.41, 5.74) is 0.357. The zero-order valence-corrected chi connectivity index (χ0v) is 12.5. The number of hydrogen-bond donors (Lipinski definition) is 0. The van der Waals surface area contributed by atoms with Gasteiger partial charge in [0.2, 0.25) is 5.91 Å². The molecule has 2 aliphatic heterocycles. The summed E-state index contributed by atoms with van der Waals surface area (Å²) in [7, 11) is 0. The van der Waals surface area contributed by atoms with Gasteiger partial charge in [0.05, 0.1) is 5.92 Å². The summed E-state index contributed by atoms with van der Waals surface area (Å²) in [6.45, 7) is 3.30. The maximum absolute atomic E-state index is 13.6. The monoisotopic (exact) mass is 312 g/mol. The first-order valence-electron chi connectivity index (χ1n) is 7.16. The molecular formula is C15H18F2N2OS. The smallest absolute Gasteiger partial charge is 0.228 e. The summed E-state index contributed by atoms with van der Waals surface area (Å²) in [6, 6.07) is 3.50. The lowest BCUT2D eigenvalue weighted by Gasteiger charge is -2.41. The van der Waals surface area contributed by atoms with Gasteiger partial charge in [-0.05, 0) is 18.2 Å². The van der Waals surface area contributed by atoms with Crippen LogP contribution < -0.4 is 0 Å². The molecule has 3 nitrogen and oxygen atoms in total. The zero-order valence-electron chi connectivity index (χ0n) is 11.7. The number of nitrogens with zero attached hydrogens (tertiary/aromatic N) is 2. The van der Waals surface area contributed by atoms with Crippen LogP contribution in [-0.4, -0.2) is 53.4 Å². The van der Waals surface area contributed by atoms with Crippen molar-refractivity contribution in [2.45, 2.75) is 6.54 Å². The summed E-state index contributed by atoms with van der Waals surface area (Å²) in [4.78, 5) is 16.2. The Morgan fingerprint density at radius 1 is 1.24 bits per heavy atom. The predicted molar refractivity (Wildman–Crippen MR) is 79.0 cm³/mol. The minimum atomic E-state index is -0.426. The van der Waals surface area contributed by atoms with Gasteiger partial charge in [-0.25, -0.2) is 8.78 Å². The Kier molecular flexibility index (Phi) is 4.45. The molecule has 0 N–H and O–H groups in total. The van der Waals surface area contributed by atoms with Crippen LogP contribution in [0.3, 0.4) is 0 Å². The fourth-order valence-electron chi connectivity index (χ4n) is 2.80. The van der Waals surface area contributed by atoms with E-state index in [4.69, 9.17) is 0 Å². The van der Waals surface area contributed by atoms with Crippen molar-refractivity contribution in [3.8, 4) is 0 Å². The van der Waals surface area contributed by atoms with Gasteiger partial charge >= 0.3 is 0 Å². The van der Waals surface area contributed by atoms with Crippen LogP contribution in [0.15, 0.2) is 18.2 Å². The van der Waals surface area contributed by atoms with Crippen LogP contribution in [0.25, 0.3) is 0 Å². The summed E-state index contributed by atoms with van der Waals surface area (Å²) in [5, 5.41) is 0. The molecule has 1 aromatic rings. The molecule has 21 heavy (non-hydrogen) atoms. The molecule has 114 valence electrons. The number of hydrogen-bond acceptors (Lipinski definition) is 3. The molecule has 0 spiro atoms. The molecule has 0 aromatic heterocycles. The van der Waals surface area contributed by atoms with E-state index < -0.39 is 5.82 Å². The highest BCUT2D eigenvalue weighted by molar-refractivity contribution is 7.99. The van der Waals surface area contributed by atoms with Crippen molar-refractivity contribution in [1.82, 2.24) is 9.80 Å². The molecule has 1 aromatic carbocycles. The van der Waals surface area contributed by atoms with Gasteiger partial charge in [-0.3, -0.25) is 9.69 Å². The van der Waals surface area contributed by atoms with Crippen LogP contribution in [0, 0.1) is 17.6 Å². The van der Waals surface area contributed by atoms with Gasteiger partial charge in [-0.2, -0.15) is 11.8 Å². The molecule has 1 amide bonds. The Bertz CT molecular complexity index is 528. The number of likely N-dealkylation sites (tertiary alicyclic amines) is 1. The number of carbonyl (C=O) groups is 1. The van der Waals surface area contributed by atoms with Crippen molar-refractivity contribution in [1.29, 1.82) is 0 Å². The largest absolute Gasteiger partial charge is 0.341 e. The number of rotatable bonds is 3. The van der Waals surface area contributed by atoms with Crippen LogP contribution in [0.5, 0.6) is 0 Å². The van der Waals surface area contributed by atoms with E-state index in [1.807, 2.05) is 21.6 Å². The Balaban J connectivity index is 1.51. The molecule has 0 bridgehead atoms. The SMILES string of the molecule is O=C(C1CN(Cc2cc(F)ccc2F)C1)N1CCSCC1. The van der Waals surface area contributed by atoms with Gasteiger partial charge in [0.25, 0.3) is 0 Å². The molecule has 0 saturated carbocycles. The van der Waals surface area contributed by atoms with Crippen LogP contribution in [0.2, 0.25) is 0 Å². The van der Waals surface area contributed by atoms with E-state index in [9.17, 15) is 13.6 Å². The average Bonchev–Trinajstić information content (AvgIpc) is 2.46. The Hall–Kier alpha value is -1.14. The third kappa shape index (κ3) is 3.37. The van der Waals surface area contributed by atoms with Gasteiger partial charge in [-0.1, -0.05) is 0 Å². The molecule has 2 saturated heterocycles. The lowest BCUT2D eigenvalue weighted by atomic mass is 9.97. The minimum absolute atomic E-state index is 0.0183. The van der Waals surface area contributed by atoms with Crippen molar-refractivity contribution in [2.75, 3.05) is 37.7 Å². The minimum Gasteiger partial charge on any atom is -0.341 e. The second-order valence-electron chi connectivity index (χ2n) is 5.56. The van der Waals surface area contributed by atoms with Gasteiger partial charge in [0, 0.05) is 49.8 Å². The third-order valence-electron chi connectivity index (χ3n) is 4.03. The fraction of sp³-hybridized carbons (Fsp3) is 0.533. The van der Waals surface area contributed by atoms with Crippen LogP contribution >= 0.6 is 11.8 Å². The Morgan fingerprint density at radius 3 is 2.67 bits per heavy atom. The number of halogens is 2. The van der Waals surface area contributed by atoms with Crippen molar-refractivity contribution in [3.05, 3.63) is 35.4 Å². The molecule has 2 fully saturated rings. The second-order valence-corrected chi connectivity index (χ2v) is 6.79. The molecule has 0 radical (unpaired) electrons. The first kappa shape index (κ1) is 14.8. The van der Waals surface area contributed by atoms with Crippen molar-refractivity contribution in [2.24, 2.45) is 5.92 Å². The first-order valence-corrected chi connectivity index (χ1v) is 8.32. The molecular weight excluding hydrogens is 294 g/mol. The maximum atomic E-state index is 13.6. The van der Waals surface area contributed by atoms with E-state index in [-0.39, 0.29) is 17.6 Å². The molecule has 2 heterocycles. The van der Waals surface area contributed by atoms with E-state index in [1.54, 1.807) is 0 Å². The van der Waals surface area contributed by atoms with Crippen molar-refractivity contribution >= 4 is 17.7 Å². The predicted octanol–water partition coefficient (Wildman–Crippen LogP) is 1.97. The summed E-state index contributed by atoms with van der Waals surface area (Å²) < 4.78 is 26.7. The van der Waals surface area contributed by atoms with E-state index >= 15 is 0 Å². The van der Waals surface area contributed by atoms with Crippen molar-refractivity contribution < 1.29 is 13.6 Å². The first-order chi connectivity index (χ1) is 10.1. The number of thioether (sulfide) groups is 1. The van der Waals surface area contributed by atoms with E-state index in [0.717, 1.165) is 36.7 Å². The average molecular weight is 312 g/mol. The number of benzene rings is 1. The van der Waals surface area contributed by atoms with Gasteiger partial charge in [0.15, 0.2) is 0 Å². The number of carbonyl (C=O) groups excluding carboxylic acids is 1. The lowest BCUT2D eigenvalue weighted by molar-refractivity contribution is -0.141. The molecule has 2 aliphatic rings. The third-order valence-corrected chi connectivity index (χ3v) is 4.97. The summed E-state index contributed by atoms with van der Waals surface area (Å²) >= 11 is 1.88. The van der Waals surface area contributed by atoms with Crippen LogP contribution in [0.1, 0.15) is 5.56 Å². The van der Waals surface area contributed by atoms with Crippen LogP contribution in [0.4, 0.5) is 8.78 Å². The van der Waals surface area contributed by atoms with Crippen molar-refractivity contribution in [3.63, 3.8) is 0 Å². The zero-order chi connectivity index (χ0) is 14.8. The molecule has 0 unspecified atom stereocenters. The van der Waals surface area contributed by atoms with E-state index in [2.05, 4.69) is 0 Å². The molecule has 6 heteroatoms. The summed E-state index contributed by atoms with van der Waals surface area (Å²) in [5.74, 6) is 1.44. The normalized spacial score (nSPS) is 20.4. The standard InChI is InChI=1S/C15H18F2N2OS/c16-13-1-2-14(17)11(7-13)8-18-9-12(10-18)15(20)19-3-5-21-6-4-19/h1-2,7,12H,3-6,8-10H2. The highest BCUT2D eigenvalue weighted by Gasteiger charge is 2.35. The molecule has 0 aliphatic carbocycles.